The number of carbonyl (C=O) groups excluding carboxylic acids is 2. The highest BCUT2D eigenvalue weighted by Crippen LogP contribution is 2.21. The van der Waals surface area contributed by atoms with Crippen LogP contribution in [0.15, 0.2) is 48.6 Å². The van der Waals surface area contributed by atoms with E-state index in [0.717, 1.165) is 61.3 Å². The number of hydrogen-bond donors (Lipinski definition) is 2. The zero-order valence-electron chi connectivity index (χ0n) is 20.5. The molecule has 2 aromatic rings. The standard InChI is InChI=1S/2C14H17NO2/c2*1-10-6-12(11-4-3-5-15-9-11)8-13(7-10)14(16)17-2/h2*4,6-8,15H,3,5,9H2,1-2H3. The number of rotatable bonds is 4. The quantitative estimate of drug-likeness (QED) is 0.659. The number of ether oxygens (including phenoxy) is 2. The third kappa shape index (κ3) is 6.89. The molecule has 0 aromatic heterocycles. The lowest BCUT2D eigenvalue weighted by Crippen LogP contribution is -2.21. The van der Waals surface area contributed by atoms with Gasteiger partial charge in [-0.15, -0.1) is 0 Å². The molecule has 180 valence electrons. The molecule has 0 amide bonds. The van der Waals surface area contributed by atoms with E-state index >= 15 is 0 Å². The van der Waals surface area contributed by atoms with Crippen LogP contribution in [-0.2, 0) is 9.47 Å². The smallest absolute Gasteiger partial charge is 0.337 e. The Balaban J connectivity index is 0.000000191. The van der Waals surface area contributed by atoms with Crippen molar-refractivity contribution in [1.29, 1.82) is 0 Å². The van der Waals surface area contributed by atoms with Gasteiger partial charge >= 0.3 is 11.9 Å². The van der Waals surface area contributed by atoms with Crippen LogP contribution in [0.2, 0.25) is 0 Å². The van der Waals surface area contributed by atoms with Crippen molar-refractivity contribution in [2.75, 3.05) is 40.4 Å². The highest BCUT2D eigenvalue weighted by Gasteiger charge is 2.12. The van der Waals surface area contributed by atoms with Gasteiger partial charge in [0.2, 0.25) is 0 Å². The summed E-state index contributed by atoms with van der Waals surface area (Å²) < 4.78 is 9.52. The van der Waals surface area contributed by atoms with E-state index in [9.17, 15) is 9.59 Å². The fraction of sp³-hybridized carbons (Fsp3) is 0.357. The van der Waals surface area contributed by atoms with Crippen LogP contribution in [0.4, 0.5) is 0 Å². The molecule has 2 aliphatic heterocycles. The maximum absolute atomic E-state index is 11.5. The summed E-state index contributed by atoms with van der Waals surface area (Å²) in [4.78, 5) is 23.1. The van der Waals surface area contributed by atoms with Gasteiger partial charge < -0.3 is 20.1 Å². The minimum atomic E-state index is -0.278. The number of esters is 2. The van der Waals surface area contributed by atoms with Gasteiger partial charge in [-0.05, 0) is 97.4 Å². The normalized spacial score (nSPS) is 15.3. The van der Waals surface area contributed by atoms with E-state index in [-0.39, 0.29) is 11.9 Å². The fourth-order valence-corrected chi connectivity index (χ4v) is 4.14. The van der Waals surface area contributed by atoms with Gasteiger partial charge in [0.15, 0.2) is 0 Å². The largest absolute Gasteiger partial charge is 0.465 e. The van der Waals surface area contributed by atoms with Gasteiger partial charge in [-0.3, -0.25) is 0 Å². The molecule has 6 heteroatoms. The van der Waals surface area contributed by atoms with E-state index in [0.29, 0.717) is 11.1 Å². The van der Waals surface area contributed by atoms with E-state index < -0.39 is 0 Å². The molecule has 2 N–H and O–H groups in total. The zero-order valence-corrected chi connectivity index (χ0v) is 20.5. The SMILES string of the molecule is COC(=O)c1cc(C)cc(C2=CCCNC2)c1.COC(=O)c1cc(C)cc(C2=CCCNC2)c1. The van der Waals surface area contributed by atoms with Crippen molar-refractivity contribution in [1.82, 2.24) is 10.6 Å². The number of benzene rings is 2. The lowest BCUT2D eigenvalue weighted by atomic mass is 9.98. The molecule has 4 rings (SSSR count). The van der Waals surface area contributed by atoms with Crippen LogP contribution in [-0.4, -0.2) is 52.3 Å². The van der Waals surface area contributed by atoms with Crippen molar-refractivity contribution in [2.24, 2.45) is 0 Å². The molecule has 0 fully saturated rings. The Labute approximate surface area is 202 Å². The van der Waals surface area contributed by atoms with Crippen LogP contribution in [0.25, 0.3) is 11.1 Å². The minimum Gasteiger partial charge on any atom is -0.465 e. The number of nitrogens with one attached hydrogen (secondary N) is 2. The molecule has 2 heterocycles. The first-order chi connectivity index (χ1) is 16.4. The Bertz CT molecular complexity index is 1010. The second-order valence-electron chi connectivity index (χ2n) is 8.55. The first-order valence-corrected chi connectivity index (χ1v) is 11.6. The summed E-state index contributed by atoms with van der Waals surface area (Å²) in [6.07, 6.45) is 6.53. The molecule has 0 atom stereocenters. The maximum atomic E-state index is 11.5. The summed E-state index contributed by atoms with van der Waals surface area (Å²) in [6.45, 7) is 7.77. The Morgan fingerprint density at radius 2 is 1.09 bits per heavy atom. The van der Waals surface area contributed by atoms with E-state index in [1.54, 1.807) is 0 Å². The monoisotopic (exact) mass is 462 g/mol. The summed E-state index contributed by atoms with van der Waals surface area (Å²) in [6, 6.07) is 11.7. The van der Waals surface area contributed by atoms with Crippen molar-refractivity contribution in [3.63, 3.8) is 0 Å². The van der Waals surface area contributed by atoms with Gasteiger partial charge in [0.05, 0.1) is 25.3 Å². The van der Waals surface area contributed by atoms with Crippen LogP contribution in [0, 0.1) is 13.8 Å². The van der Waals surface area contributed by atoms with Crippen molar-refractivity contribution >= 4 is 23.1 Å². The molecular weight excluding hydrogens is 428 g/mol. The third-order valence-electron chi connectivity index (χ3n) is 5.79. The Morgan fingerprint density at radius 1 is 0.676 bits per heavy atom. The van der Waals surface area contributed by atoms with Crippen LogP contribution in [0.1, 0.15) is 55.8 Å². The summed E-state index contributed by atoms with van der Waals surface area (Å²) in [7, 11) is 2.82. The second-order valence-corrected chi connectivity index (χ2v) is 8.55. The average molecular weight is 463 g/mol. The molecular formula is C28H34N2O4. The second kappa shape index (κ2) is 12.3. The summed E-state index contributed by atoms with van der Waals surface area (Å²) in [5.74, 6) is -0.557. The van der Waals surface area contributed by atoms with Crippen molar-refractivity contribution in [3.8, 4) is 0 Å². The van der Waals surface area contributed by atoms with Gasteiger partial charge in [0.25, 0.3) is 0 Å². The third-order valence-corrected chi connectivity index (χ3v) is 5.79. The molecule has 0 spiro atoms. The first-order valence-electron chi connectivity index (χ1n) is 11.6. The van der Waals surface area contributed by atoms with Gasteiger partial charge in [0.1, 0.15) is 0 Å². The molecule has 0 saturated heterocycles. The van der Waals surface area contributed by atoms with Crippen molar-refractivity contribution in [3.05, 3.63) is 81.9 Å². The van der Waals surface area contributed by atoms with E-state index in [4.69, 9.17) is 9.47 Å². The minimum absolute atomic E-state index is 0.278. The molecule has 2 aliphatic rings. The first kappa shape index (κ1) is 25.4. The highest BCUT2D eigenvalue weighted by atomic mass is 16.5. The Hall–Kier alpha value is -3.22. The van der Waals surface area contributed by atoms with Crippen LogP contribution in [0.5, 0.6) is 0 Å². The zero-order chi connectivity index (χ0) is 24.5. The summed E-state index contributed by atoms with van der Waals surface area (Å²) >= 11 is 0. The van der Waals surface area contributed by atoms with E-state index in [2.05, 4.69) is 34.9 Å². The lowest BCUT2D eigenvalue weighted by molar-refractivity contribution is 0.0591. The average Bonchev–Trinajstić information content (AvgIpc) is 2.88. The maximum Gasteiger partial charge on any atom is 0.337 e. The highest BCUT2D eigenvalue weighted by molar-refractivity contribution is 5.91. The fourth-order valence-electron chi connectivity index (χ4n) is 4.14. The van der Waals surface area contributed by atoms with Crippen molar-refractivity contribution < 1.29 is 19.1 Å². The van der Waals surface area contributed by atoms with Gasteiger partial charge in [-0.1, -0.05) is 24.3 Å². The molecule has 0 aliphatic carbocycles. The molecule has 34 heavy (non-hydrogen) atoms. The van der Waals surface area contributed by atoms with E-state index in [1.807, 2.05) is 38.1 Å². The lowest BCUT2D eigenvalue weighted by Gasteiger charge is -2.15. The number of hydrogen-bond acceptors (Lipinski definition) is 6. The summed E-state index contributed by atoms with van der Waals surface area (Å²) in [5.41, 5.74) is 8.12. The topological polar surface area (TPSA) is 76.7 Å². The van der Waals surface area contributed by atoms with Crippen LogP contribution >= 0.6 is 0 Å². The van der Waals surface area contributed by atoms with Crippen molar-refractivity contribution in [2.45, 2.75) is 26.7 Å². The van der Waals surface area contributed by atoms with Gasteiger partial charge in [-0.25, -0.2) is 9.59 Å². The molecule has 0 saturated carbocycles. The molecule has 2 aromatic carbocycles. The number of carbonyl (C=O) groups is 2. The van der Waals surface area contributed by atoms with Gasteiger partial charge in [0, 0.05) is 13.1 Å². The van der Waals surface area contributed by atoms with E-state index in [1.165, 1.54) is 25.4 Å². The van der Waals surface area contributed by atoms with Gasteiger partial charge in [-0.2, -0.15) is 0 Å². The molecule has 0 unspecified atom stereocenters. The predicted octanol–water partition coefficient (Wildman–Crippen LogP) is 4.32. The Morgan fingerprint density at radius 3 is 1.41 bits per heavy atom. The predicted molar refractivity (Wildman–Crippen MR) is 136 cm³/mol. The number of aryl methyl sites for hydroxylation is 2. The molecule has 6 nitrogen and oxygen atoms in total. The van der Waals surface area contributed by atoms with Crippen LogP contribution in [0.3, 0.4) is 0 Å². The molecule has 0 bridgehead atoms. The number of methoxy groups -OCH3 is 2. The van der Waals surface area contributed by atoms with Crippen LogP contribution < -0.4 is 10.6 Å². The summed E-state index contributed by atoms with van der Waals surface area (Å²) in [5, 5.41) is 6.66. The molecule has 0 radical (unpaired) electrons. The Kier molecular flexibility index (Phi) is 9.19.